The van der Waals surface area contributed by atoms with E-state index in [4.69, 9.17) is 0 Å². The largest absolute Gasteiger partial charge is 0.336 e. The van der Waals surface area contributed by atoms with Crippen LogP contribution in [-0.2, 0) is 11.2 Å². The van der Waals surface area contributed by atoms with Crippen molar-refractivity contribution in [2.45, 2.75) is 32.2 Å². The molecule has 2 aliphatic rings. The molecule has 8 heteroatoms. The molecule has 2 amide bonds. The molecule has 0 bridgehead atoms. The van der Waals surface area contributed by atoms with E-state index in [-0.39, 0.29) is 23.7 Å². The van der Waals surface area contributed by atoms with Gasteiger partial charge in [0.15, 0.2) is 0 Å². The van der Waals surface area contributed by atoms with Crippen LogP contribution < -0.4 is 5.32 Å². The van der Waals surface area contributed by atoms with Crippen LogP contribution in [0.1, 0.15) is 35.8 Å². The van der Waals surface area contributed by atoms with Crippen LogP contribution in [0.3, 0.4) is 0 Å². The fourth-order valence-corrected chi connectivity index (χ4v) is 4.27. The molecule has 154 valence electrons. The van der Waals surface area contributed by atoms with Gasteiger partial charge in [-0.1, -0.05) is 6.92 Å². The zero-order valence-electron chi connectivity index (χ0n) is 16.6. The Morgan fingerprint density at radius 3 is 2.79 bits per heavy atom. The molecule has 0 radical (unpaired) electrons. The predicted molar refractivity (Wildman–Crippen MR) is 106 cm³/mol. The van der Waals surface area contributed by atoms with Crippen molar-refractivity contribution in [3.05, 3.63) is 47.5 Å². The van der Waals surface area contributed by atoms with Crippen molar-refractivity contribution >= 4 is 11.8 Å². The summed E-state index contributed by atoms with van der Waals surface area (Å²) in [6.45, 7) is 5.06. The molecule has 1 atom stereocenters. The van der Waals surface area contributed by atoms with Crippen molar-refractivity contribution in [1.29, 1.82) is 0 Å². The molecule has 0 saturated carbocycles. The molecule has 2 aliphatic heterocycles. The second-order valence-electron chi connectivity index (χ2n) is 7.56. The van der Waals surface area contributed by atoms with E-state index in [0.717, 1.165) is 30.8 Å². The monoisotopic (exact) mass is 399 g/mol. The molecule has 1 unspecified atom stereocenters. The molecule has 2 saturated heterocycles. The minimum Gasteiger partial charge on any atom is -0.336 e. The fourth-order valence-electron chi connectivity index (χ4n) is 4.27. The van der Waals surface area contributed by atoms with Crippen molar-refractivity contribution < 1.29 is 14.0 Å². The normalized spacial score (nSPS) is 20.2. The first-order valence-corrected chi connectivity index (χ1v) is 10.2. The lowest BCUT2D eigenvalue weighted by atomic mass is 10.0. The highest BCUT2D eigenvalue weighted by Crippen LogP contribution is 2.22. The standard InChI is InChI=1S/C21H26FN5O2/c1-2-19-18(12-24-27(19)16-7-5-15(22)6-8-16)21(29)25-10-3-4-17(14-25)26-11-9-23-13-20(26)28/h5-8,12,17,23H,2-4,9-11,13-14H2,1H3. The molecule has 29 heavy (non-hydrogen) atoms. The van der Waals surface area contributed by atoms with E-state index < -0.39 is 0 Å². The quantitative estimate of drug-likeness (QED) is 0.848. The maximum atomic E-state index is 13.3. The Kier molecular flexibility index (Phi) is 5.62. The van der Waals surface area contributed by atoms with E-state index in [0.29, 0.717) is 38.2 Å². The zero-order chi connectivity index (χ0) is 20.4. The smallest absolute Gasteiger partial charge is 0.257 e. The van der Waals surface area contributed by atoms with Crippen LogP contribution in [0.2, 0.25) is 0 Å². The number of hydrogen-bond acceptors (Lipinski definition) is 4. The van der Waals surface area contributed by atoms with Gasteiger partial charge in [-0.3, -0.25) is 9.59 Å². The third-order valence-corrected chi connectivity index (χ3v) is 5.76. The van der Waals surface area contributed by atoms with Gasteiger partial charge in [-0.15, -0.1) is 0 Å². The summed E-state index contributed by atoms with van der Waals surface area (Å²) in [5.74, 6) is -0.256. The summed E-state index contributed by atoms with van der Waals surface area (Å²) < 4.78 is 15.0. The molecule has 1 N–H and O–H groups in total. The second-order valence-corrected chi connectivity index (χ2v) is 7.56. The SMILES string of the molecule is CCc1c(C(=O)N2CCCC(N3CCNCC3=O)C2)cnn1-c1ccc(F)cc1. The average molecular weight is 399 g/mol. The van der Waals surface area contributed by atoms with Crippen molar-refractivity contribution in [2.24, 2.45) is 0 Å². The van der Waals surface area contributed by atoms with Gasteiger partial charge in [0.2, 0.25) is 5.91 Å². The molecular formula is C21H26FN5O2. The average Bonchev–Trinajstić information content (AvgIpc) is 3.18. The number of amides is 2. The molecule has 2 aromatic rings. The molecule has 1 aromatic carbocycles. The number of halogens is 1. The summed E-state index contributed by atoms with van der Waals surface area (Å²) in [6.07, 6.45) is 4.03. The number of piperazine rings is 1. The number of hydrogen-bond donors (Lipinski definition) is 1. The van der Waals surface area contributed by atoms with Gasteiger partial charge < -0.3 is 15.1 Å². The number of aromatic nitrogens is 2. The topological polar surface area (TPSA) is 70.5 Å². The Morgan fingerprint density at radius 2 is 2.07 bits per heavy atom. The summed E-state index contributed by atoms with van der Waals surface area (Å²) in [7, 11) is 0. The highest BCUT2D eigenvalue weighted by atomic mass is 19.1. The van der Waals surface area contributed by atoms with Gasteiger partial charge >= 0.3 is 0 Å². The Bertz CT molecular complexity index is 895. The zero-order valence-corrected chi connectivity index (χ0v) is 16.6. The van der Waals surface area contributed by atoms with Gasteiger partial charge in [0, 0.05) is 32.2 Å². The Hall–Kier alpha value is -2.74. The van der Waals surface area contributed by atoms with E-state index in [1.165, 1.54) is 12.1 Å². The predicted octanol–water partition coefficient (Wildman–Crippen LogP) is 1.61. The third kappa shape index (κ3) is 3.89. The molecule has 0 spiro atoms. The molecule has 0 aliphatic carbocycles. The fraction of sp³-hybridized carbons (Fsp3) is 0.476. The minimum absolute atomic E-state index is 0.0532. The van der Waals surface area contributed by atoms with Crippen LogP contribution >= 0.6 is 0 Å². The second kappa shape index (κ2) is 8.32. The van der Waals surface area contributed by atoms with Gasteiger partial charge in [-0.2, -0.15) is 5.10 Å². The molecule has 3 heterocycles. The Balaban J connectivity index is 1.54. The molecule has 1 aromatic heterocycles. The van der Waals surface area contributed by atoms with Crippen molar-refractivity contribution in [1.82, 2.24) is 24.9 Å². The molecule has 7 nitrogen and oxygen atoms in total. The summed E-state index contributed by atoms with van der Waals surface area (Å²) in [5, 5.41) is 7.49. The van der Waals surface area contributed by atoms with E-state index >= 15 is 0 Å². The molecule has 2 fully saturated rings. The first kappa shape index (κ1) is 19.6. The lowest BCUT2D eigenvalue weighted by molar-refractivity contribution is -0.135. The number of carbonyl (C=O) groups is 2. The lowest BCUT2D eigenvalue weighted by Gasteiger charge is -2.41. The van der Waals surface area contributed by atoms with Crippen LogP contribution in [0.5, 0.6) is 0 Å². The van der Waals surface area contributed by atoms with Crippen molar-refractivity contribution in [2.75, 3.05) is 32.7 Å². The van der Waals surface area contributed by atoms with Crippen molar-refractivity contribution in [3.8, 4) is 5.69 Å². The number of piperidine rings is 1. The van der Waals surface area contributed by atoms with E-state index in [1.54, 1.807) is 23.0 Å². The maximum Gasteiger partial charge on any atom is 0.257 e. The van der Waals surface area contributed by atoms with Crippen molar-refractivity contribution in [3.63, 3.8) is 0 Å². The maximum absolute atomic E-state index is 13.3. The minimum atomic E-state index is -0.308. The van der Waals surface area contributed by atoms with Gasteiger partial charge in [0.1, 0.15) is 5.82 Å². The van der Waals surface area contributed by atoms with Gasteiger partial charge in [0.05, 0.1) is 29.7 Å². The summed E-state index contributed by atoms with van der Waals surface area (Å²) in [4.78, 5) is 29.3. The first-order valence-electron chi connectivity index (χ1n) is 10.2. The third-order valence-electron chi connectivity index (χ3n) is 5.76. The number of carbonyl (C=O) groups excluding carboxylic acids is 2. The summed E-state index contributed by atoms with van der Waals surface area (Å²) in [6, 6.07) is 6.15. The highest BCUT2D eigenvalue weighted by molar-refractivity contribution is 5.95. The van der Waals surface area contributed by atoms with Gasteiger partial charge in [-0.25, -0.2) is 9.07 Å². The van der Waals surface area contributed by atoms with E-state index in [2.05, 4.69) is 10.4 Å². The Morgan fingerprint density at radius 1 is 1.28 bits per heavy atom. The van der Waals surface area contributed by atoms with Crippen LogP contribution in [-0.4, -0.2) is 70.2 Å². The van der Waals surface area contributed by atoms with Crippen LogP contribution in [0.4, 0.5) is 4.39 Å². The summed E-state index contributed by atoms with van der Waals surface area (Å²) >= 11 is 0. The number of nitrogens with one attached hydrogen (secondary N) is 1. The van der Waals surface area contributed by atoms with Crippen LogP contribution in [0, 0.1) is 5.82 Å². The summed E-state index contributed by atoms with van der Waals surface area (Å²) in [5.41, 5.74) is 2.11. The lowest BCUT2D eigenvalue weighted by Crippen LogP contribution is -2.57. The molecular weight excluding hydrogens is 373 g/mol. The van der Waals surface area contributed by atoms with Crippen LogP contribution in [0.25, 0.3) is 5.69 Å². The van der Waals surface area contributed by atoms with Gasteiger partial charge in [-0.05, 0) is 43.5 Å². The van der Waals surface area contributed by atoms with Gasteiger partial charge in [0.25, 0.3) is 5.91 Å². The number of benzene rings is 1. The number of likely N-dealkylation sites (tertiary alicyclic amines) is 1. The van der Waals surface area contributed by atoms with E-state index in [9.17, 15) is 14.0 Å². The highest BCUT2D eigenvalue weighted by Gasteiger charge is 2.33. The van der Waals surface area contributed by atoms with E-state index in [1.807, 2.05) is 16.7 Å². The number of nitrogens with zero attached hydrogens (tertiary/aromatic N) is 4. The first-order chi connectivity index (χ1) is 14.1. The molecule has 4 rings (SSSR count). The van der Waals surface area contributed by atoms with Crippen LogP contribution in [0.15, 0.2) is 30.5 Å². The number of rotatable bonds is 4. The Labute approximate surface area is 169 Å².